The van der Waals surface area contributed by atoms with Crippen LogP contribution in [0.4, 0.5) is 0 Å². The van der Waals surface area contributed by atoms with Crippen molar-refractivity contribution < 1.29 is 0 Å². The van der Waals surface area contributed by atoms with Crippen LogP contribution >= 0.6 is 0 Å². The van der Waals surface area contributed by atoms with Crippen molar-refractivity contribution in [1.82, 2.24) is 9.13 Å². The second kappa shape index (κ2) is 14.9. The van der Waals surface area contributed by atoms with Crippen LogP contribution in [-0.4, -0.2) is 22.6 Å². The zero-order valence-electron chi connectivity index (χ0n) is 41.2. The Hall–Kier alpha value is -8.85. The fourth-order valence-corrected chi connectivity index (χ4v) is 14.7. The molecule has 0 fully saturated rings. The highest BCUT2D eigenvalue weighted by Crippen LogP contribution is 2.40. The molecule has 0 aliphatic carbocycles. The Labute approximate surface area is 429 Å². The quantitative estimate of drug-likeness (QED) is 0.134. The van der Waals surface area contributed by atoms with Crippen LogP contribution in [-0.2, 0) is 12.8 Å². The minimum atomic E-state index is 0.0122. The number of hydrogen-bond acceptors (Lipinski definition) is 0. The maximum atomic E-state index is 2.71. The van der Waals surface area contributed by atoms with E-state index >= 15 is 0 Å². The highest BCUT2D eigenvalue weighted by molar-refractivity contribution is 7.01. The van der Waals surface area contributed by atoms with Crippen LogP contribution in [0.1, 0.15) is 33.4 Å². The Morgan fingerprint density at radius 1 is 0.284 bits per heavy atom. The molecule has 0 atom stereocenters. The second-order valence-electron chi connectivity index (χ2n) is 21.6. The van der Waals surface area contributed by atoms with Crippen LogP contribution in [0.15, 0.2) is 218 Å². The lowest BCUT2D eigenvalue weighted by atomic mass is 9.29. The summed E-state index contributed by atoms with van der Waals surface area (Å²) >= 11 is 0. The molecule has 4 heteroatoms. The Morgan fingerprint density at radius 2 is 0.622 bits per heavy atom. The summed E-state index contributed by atoms with van der Waals surface area (Å²) in [5, 5.41) is 15.0. The van der Waals surface area contributed by atoms with Crippen LogP contribution in [0.2, 0.25) is 0 Å². The van der Waals surface area contributed by atoms with E-state index in [0.29, 0.717) is 0 Å². The largest absolute Gasteiger partial charge is 0.310 e. The summed E-state index contributed by atoms with van der Waals surface area (Å²) in [6, 6.07) is 84.7. The van der Waals surface area contributed by atoms with Gasteiger partial charge in [-0.1, -0.05) is 222 Å². The van der Waals surface area contributed by atoms with Crippen LogP contribution in [0.5, 0.6) is 0 Å². The molecule has 0 radical (unpaired) electrons. The summed E-state index contributed by atoms with van der Waals surface area (Å²) in [6.45, 7) is 4.53. The van der Waals surface area contributed by atoms with E-state index in [1.807, 2.05) is 0 Å². The molecule has 6 heterocycles. The summed E-state index contributed by atoms with van der Waals surface area (Å²) in [7, 11) is 0. The molecule has 13 aromatic rings. The number of aromatic nitrogens is 2. The van der Waals surface area contributed by atoms with Gasteiger partial charge in [-0.05, 0) is 132 Å². The topological polar surface area (TPSA) is 9.86 Å². The number of benzene rings is 11. The molecule has 0 saturated heterocycles. The van der Waals surface area contributed by atoms with Gasteiger partial charge in [0.05, 0.1) is 11.0 Å². The van der Waals surface area contributed by atoms with Crippen molar-refractivity contribution in [2.75, 3.05) is 0 Å². The van der Waals surface area contributed by atoms with Gasteiger partial charge in [0.2, 0.25) is 13.4 Å². The van der Waals surface area contributed by atoms with Crippen molar-refractivity contribution in [3.63, 3.8) is 0 Å². The Morgan fingerprint density at radius 3 is 1.01 bits per heavy atom. The van der Waals surface area contributed by atoms with Crippen molar-refractivity contribution in [1.29, 1.82) is 0 Å². The van der Waals surface area contributed by atoms with Gasteiger partial charge in [-0.25, -0.2) is 0 Å². The highest BCUT2D eigenvalue weighted by atomic mass is 15.0. The third kappa shape index (κ3) is 5.37. The molecule has 0 unspecified atom stereocenters. The monoisotopic (exact) mass is 936 g/mol. The van der Waals surface area contributed by atoms with Gasteiger partial charge >= 0.3 is 0 Å². The highest BCUT2D eigenvalue weighted by Gasteiger charge is 2.43. The normalized spacial score (nSPS) is 13.4. The fourth-order valence-electron chi connectivity index (χ4n) is 14.7. The number of nitrogens with zero attached hydrogens (tertiary/aromatic N) is 2. The number of para-hydroxylation sites is 2. The van der Waals surface area contributed by atoms with Crippen LogP contribution in [0.3, 0.4) is 0 Å². The minimum Gasteiger partial charge on any atom is -0.310 e. The summed E-state index contributed by atoms with van der Waals surface area (Å²) in [5.41, 5.74) is 24.2. The summed E-state index contributed by atoms with van der Waals surface area (Å²) in [5.74, 6) is 0. The van der Waals surface area contributed by atoms with Gasteiger partial charge in [0.1, 0.15) is 0 Å². The fraction of sp³-hybridized carbons (Fsp3) is 0.0571. The Bertz CT molecular complexity index is 4590. The van der Waals surface area contributed by atoms with Crippen molar-refractivity contribution in [2.24, 2.45) is 0 Å². The molecule has 2 nitrogen and oxygen atoms in total. The van der Waals surface area contributed by atoms with E-state index < -0.39 is 0 Å². The Kier molecular flexibility index (Phi) is 8.18. The maximum absolute atomic E-state index is 2.71. The van der Waals surface area contributed by atoms with Gasteiger partial charge in [0, 0.05) is 44.0 Å². The Balaban J connectivity index is 1.16. The predicted molar refractivity (Wildman–Crippen MR) is 318 cm³/mol. The molecule has 17 rings (SSSR count). The molecule has 2 aromatic heterocycles. The number of aryl methyl sites for hydroxylation is 2. The number of hydrogen-bond donors (Lipinski definition) is 0. The molecule has 0 saturated carbocycles. The zero-order chi connectivity index (χ0) is 48.5. The van der Waals surface area contributed by atoms with Crippen molar-refractivity contribution in [2.45, 2.75) is 26.7 Å². The zero-order valence-corrected chi connectivity index (χ0v) is 41.2. The average Bonchev–Trinajstić information content (AvgIpc) is 3.54. The van der Waals surface area contributed by atoms with E-state index in [1.54, 1.807) is 0 Å². The van der Waals surface area contributed by atoms with Crippen LogP contribution < -0.4 is 32.8 Å². The van der Waals surface area contributed by atoms with Crippen molar-refractivity contribution in [3.05, 3.63) is 252 Å². The van der Waals surface area contributed by atoms with Gasteiger partial charge in [0.15, 0.2) is 0 Å². The first-order valence-corrected chi connectivity index (χ1v) is 26.4. The summed E-state index contributed by atoms with van der Waals surface area (Å²) in [6.07, 6.45) is 1.80. The third-order valence-electron chi connectivity index (χ3n) is 17.6. The van der Waals surface area contributed by atoms with Gasteiger partial charge in [0.25, 0.3) is 0 Å². The van der Waals surface area contributed by atoms with E-state index in [9.17, 15) is 0 Å². The number of rotatable bonds is 0. The molecule has 342 valence electrons. The first-order valence-electron chi connectivity index (χ1n) is 26.4. The van der Waals surface area contributed by atoms with Crippen molar-refractivity contribution >= 4 is 133 Å². The molecule has 4 aliphatic heterocycles. The second-order valence-corrected chi connectivity index (χ2v) is 21.6. The first-order chi connectivity index (χ1) is 36.6. The summed E-state index contributed by atoms with van der Waals surface area (Å²) in [4.78, 5) is 0. The van der Waals surface area contributed by atoms with Crippen LogP contribution in [0, 0.1) is 13.8 Å². The van der Waals surface area contributed by atoms with E-state index in [2.05, 4.69) is 241 Å². The molecule has 4 aliphatic rings. The van der Waals surface area contributed by atoms with Gasteiger partial charge in [-0.15, -0.1) is 0 Å². The molecular weight excluding hydrogens is 890 g/mol. The van der Waals surface area contributed by atoms with Gasteiger partial charge in [-0.2, -0.15) is 0 Å². The van der Waals surface area contributed by atoms with E-state index in [0.717, 1.165) is 12.8 Å². The van der Waals surface area contributed by atoms with Gasteiger partial charge in [-0.3, -0.25) is 0 Å². The SMILES string of the molecule is Cc1ccc2c(c1)Cc1ccc3c4ccccc4c4ccccc4c4ccccc4n4c3c1B2c1cc2c(cc1-4)-n1c3ccccc3c3ccccc3c3ccccc3c3ccc4c(c31)B2c1ccc(C)cc1C4. The molecule has 0 N–H and O–H groups in total. The average molecular weight is 937 g/mol. The van der Waals surface area contributed by atoms with E-state index in [4.69, 9.17) is 0 Å². The van der Waals surface area contributed by atoms with Crippen molar-refractivity contribution in [3.8, 4) is 11.4 Å². The lowest BCUT2D eigenvalue weighted by molar-refractivity contribution is 1.12. The minimum absolute atomic E-state index is 0.0122. The van der Waals surface area contributed by atoms with E-state index in [-0.39, 0.29) is 13.4 Å². The lowest BCUT2D eigenvalue weighted by Crippen LogP contribution is -2.64. The van der Waals surface area contributed by atoms with Gasteiger partial charge < -0.3 is 9.13 Å². The first kappa shape index (κ1) is 40.7. The smallest absolute Gasteiger partial charge is 0.247 e. The molecule has 0 spiro atoms. The third-order valence-corrected chi connectivity index (χ3v) is 17.6. The maximum Gasteiger partial charge on any atom is 0.247 e. The molecule has 74 heavy (non-hydrogen) atoms. The molecule has 0 amide bonds. The predicted octanol–water partition coefficient (Wildman–Crippen LogP) is 12.8. The summed E-state index contributed by atoms with van der Waals surface area (Å²) < 4.78 is 5.43. The molecule has 0 bridgehead atoms. The van der Waals surface area contributed by atoms with Crippen LogP contribution in [0.25, 0.3) is 98.1 Å². The molecular formula is C70H46B2N2. The molecule has 11 aromatic carbocycles. The number of fused-ring (bicyclic) bond motifs is 24. The lowest BCUT2D eigenvalue weighted by Gasteiger charge is -2.39. The van der Waals surface area contributed by atoms with E-state index in [1.165, 1.54) is 164 Å². The standard InChI is InChI=1S/C70H46B2N2/c1-41-27-33-59-45(35-41)37-43-29-31-57-53-21-9-5-17-49(53)47-15-3-7-19-51(47)55-23-11-13-25-63(55)73-65-40-66-62(39-61(65)71(59)67(43)69(57)73)72-60-34-28-42(2)36-46(60)38-44-30-32-58-54-22-10-6-18-50(54)48-16-4-8-20-52(48)56-24-12-14-26-64(56)74(66)70(58)68(44)72/h3-36,39-40H,37-38H2,1-2H3.